The van der Waals surface area contributed by atoms with E-state index in [1.165, 1.54) is 24.0 Å². The van der Waals surface area contributed by atoms with Crippen molar-refractivity contribution in [3.8, 4) is 0 Å². The van der Waals surface area contributed by atoms with Crippen molar-refractivity contribution in [1.29, 1.82) is 0 Å². The maximum absolute atomic E-state index is 4.56. The molecule has 0 saturated heterocycles. The van der Waals surface area contributed by atoms with Crippen molar-refractivity contribution in [1.82, 2.24) is 5.32 Å². The fraction of sp³-hybridized carbons (Fsp3) is 0.455. The van der Waals surface area contributed by atoms with Crippen molar-refractivity contribution in [3.05, 3.63) is 35.4 Å². The molecule has 1 aliphatic rings. The van der Waals surface area contributed by atoms with Gasteiger partial charge in [0.05, 0.1) is 6.04 Å². The highest BCUT2D eigenvalue weighted by Crippen LogP contribution is 2.31. The fourth-order valence-corrected chi connectivity index (χ4v) is 1.94. The molecule has 0 heterocycles. The zero-order chi connectivity index (χ0) is 8.39. The molecule has 1 heteroatoms. The van der Waals surface area contributed by atoms with Crippen LogP contribution in [0.1, 0.15) is 30.5 Å². The lowest BCUT2D eigenvalue weighted by atomic mass is 10.1. The number of nitrogens with zero attached hydrogens (tertiary/aromatic N) is 1. The van der Waals surface area contributed by atoms with Gasteiger partial charge >= 0.3 is 0 Å². The van der Waals surface area contributed by atoms with E-state index in [-0.39, 0.29) is 0 Å². The van der Waals surface area contributed by atoms with Gasteiger partial charge in [-0.2, -0.15) is 0 Å². The van der Waals surface area contributed by atoms with Crippen molar-refractivity contribution in [2.45, 2.75) is 25.8 Å². The predicted molar refractivity (Wildman–Crippen MR) is 50.2 cm³/mol. The van der Waals surface area contributed by atoms with E-state index in [2.05, 4.69) is 36.5 Å². The third-order valence-corrected chi connectivity index (χ3v) is 2.50. The van der Waals surface area contributed by atoms with E-state index in [1.54, 1.807) is 0 Å². The Balaban J connectivity index is 2.24. The minimum atomic E-state index is 0.492. The second-order valence-corrected chi connectivity index (χ2v) is 3.25. The Kier molecular flexibility index (Phi) is 2.13. The van der Waals surface area contributed by atoms with Crippen LogP contribution in [0.2, 0.25) is 0 Å². The summed E-state index contributed by atoms with van der Waals surface area (Å²) in [7, 11) is 0. The molecule has 0 amide bonds. The zero-order valence-electron chi connectivity index (χ0n) is 7.46. The van der Waals surface area contributed by atoms with Crippen LogP contribution >= 0.6 is 0 Å². The first-order valence-corrected chi connectivity index (χ1v) is 4.66. The molecule has 0 N–H and O–H groups in total. The normalized spacial score (nSPS) is 20.9. The van der Waals surface area contributed by atoms with Crippen LogP contribution in [0.5, 0.6) is 0 Å². The first-order chi connectivity index (χ1) is 5.92. The van der Waals surface area contributed by atoms with Gasteiger partial charge < -0.3 is 0 Å². The maximum atomic E-state index is 4.56. The molecule has 0 saturated carbocycles. The van der Waals surface area contributed by atoms with Crippen molar-refractivity contribution >= 4 is 0 Å². The molecule has 0 spiro atoms. The molecule has 12 heavy (non-hydrogen) atoms. The topological polar surface area (TPSA) is 14.1 Å². The molecule has 2 rings (SSSR count). The van der Waals surface area contributed by atoms with Gasteiger partial charge in [-0.25, -0.2) is 5.32 Å². The summed E-state index contributed by atoms with van der Waals surface area (Å²) in [4.78, 5) is 0. The molecule has 0 bridgehead atoms. The minimum Gasteiger partial charge on any atom is -0.234 e. The highest BCUT2D eigenvalue weighted by molar-refractivity contribution is 5.34. The highest BCUT2D eigenvalue weighted by Gasteiger charge is 2.20. The molecule has 1 atom stereocenters. The van der Waals surface area contributed by atoms with Crippen LogP contribution in [0, 0.1) is 0 Å². The largest absolute Gasteiger partial charge is 0.234 e. The Hall–Kier alpha value is -0.820. The van der Waals surface area contributed by atoms with E-state index in [0.29, 0.717) is 6.04 Å². The molecule has 0 aliphatic heterocycles. The number of fused-ring (bicyclic) bond motifs is 1. The van der Waals surface area contributed by atoms with Gasteiger partial charge in [-0.1, -0.05) is 31.2 Å². The molecule has 0 aromatic heterocycles. The van der Waals surface area contributed by atoms with Crippen LogP contribution in [-0.4, -0.2) is 6.54 Å². The first-order valence-electron chi connectivity index (χ1n) is 4.66. The van der Waals surface area contributed by atoms with Gasteiger partial charge in [0.15, 0.2) is 0 Å². The second-order valence-electron chi connectivity index (χ2n) is 3.25. The van der Waals surface area contributed by atoms with Crippen LogP contribution in [0.25, 0.3) is 0 Å². The van der Waals surface area contributed by atoms with Crippen molar-refractivity contribution in [3.63, 3.8) is 0 Å². The lowest BCUT2D eigenvalue weighted by Crippen LogP contribution is -2.10. The summed E-state index contributed by atoms with van der Waals surface area (Å²) in [6.07, 6.45) is 2.43. The fourth-order valence-electron chi connectivity index (χ4n) is 1.94. The third-order valence-electron chi connectivity index (χ3n) is 2.50. The van der Waals surface area contributed by atoms with Gasteiger partial charge in [-0.3, -0.25) is 0 Å². The summed E-state index contributed by atoms with van der Waals surface area (Å²) in [5.41, 5.74) is 2.96. The lowest BCUT2D eigenvalue weighted by Gasteiger charge is -2.09. The molecule has 1 aliphatic carbocycles. The summed E-state index contributed by atoms with van der Waals surface area (Å²) in [6, 6.07) is 9.16. The smallest absolute Gasteiger partial charge is 0.0501 e. The van der Waals surface area contributed by atoms with E-state index in [9.17, 15) is 0 Å². The van der Waals surface area contributed by atoms with Crippen molar-refractivity contribution < 1.29 is 0 Å². The average Bonchev–Trinajstić information content (AvgIpc) is 2.50. The summed E-state index contributed by atoms with van der Waals surface area (Å²) in [5, 5.41) is 4.56. The quantitative estimate of drug-likeness (QED) is 0.630. The van der Waals surface area contributed by atoms with Gasteiger partial charge in [0.25, 0.3) is 0 Å². The van der Waals surface area contributed by atoms with Gasteiger partial charge in [0, 0.05) is 6.54 Å². The standard InChI is InChI=1S/C11H14N/c1-2-12-11-8-7-9-5-3-4-6-10(9)11/h3-6,11H,2,7-8H2,1H3. The van der Waals surface area contributed by atoms with Crippen molar-refractivity contribution in [2.24, 2.45) is 0 Å². The number of hydrogen-bond acceptors (Lipinski definition) is 0. The maximum Gasteiger partial charge on any atom is 0.0501 e. The van der Waals surface area contributed by atoms with E-state index in [4.69, 9.17) is 0 Å². The van der Waals surface area contributed by atoms with E-state index in [1.807, 2.05) is 0 Å². The summed E-state index contributed by atoms with van der Waals surface area (Å²) in [6.45, 7) is 3.06. The Morgan fingerprint density at radius 2 is 2.25 bits per heavy atom. The van der Waals surface area contributed by atoms with E-state index < -0.39 is 0 Å². The summed E-state index contributed by atoms with van der Waals surface area (Å²) >= 11 is 0. The molecule has 0 fully saturated rings. The molecule has 1 aromatic rings. The third kappa shape index (κ3) is 1.25. The first kappa shape index (κ1) is 7.81. The number of hydrogen-bond donors (Lipinski definition) is 0. The van der Waals surface area contributed by atoms with Crippen LogP contribution in [0.4, 0.5) is 0 Å². The Bertz CT molecular complexity index is 265. The Morgan fingerprint density at radius 1 is 1.42 bits per heavy atom. The van der Waals surface area contributed by atoms with E-state index >= 15 is 0 Å². The number of aryl methyl sites for hydroxylation is 1. The van der Waals surface area contributed by atoms with Gasteiger partial charge in [0.1, 0.15) is 0 Å². The monoisotopic (exact) mass is 160 g/mol. The lowest BCUT2D eigenvalue weighted by molar-refractivity contribution is 0.537. The van der Waals surface area contributed by atoms with Gasteiger partial charge in [-0.15, -0.1) is 0 Å². The van der Waals surface area contributed by atoms with Gasteiger partial charge in [-0.05, 0) is 24.0 Å². The number of rotatable bonds is 2. The minimum absolute atomic E-state index is 0.492. The summed E-state index contributed by atoms with van der Waals surface area (Å²) < 4.78 is 0. The SMILES string of the molecule is CC[N]C1CCc2ccccc21. The van der Waals surface area contributed by atoms with Crippen LogP contribution in [0.15, 0.2) is 24.3 Å². The number of benzene rings is 1. The van der Waals surface area contributed by atoms with Crippen LogP contribution in [0.3, 0.4) is 0 Å². The molecular formula is C11H14N. The Labute approximate surface area is 73.8 Å². The molecule has 1 unspecified atom stereocenters. The van der Waals surface area contributed by atoms with Crippen LogP contribution in [-0.2, 0) is 6.42 Å². The molecule has 1 nitrogen and oxygen atoms in total. The molecule has 1 radical (unpaired) electrons. The second kappa shape index (κ2) is 3.28. The van der Waals surface area contributed by atoms with Crippen molar-refractivity contribution in [2.75, 3.05) is 6.54 Å². The zero-order valence-corrected chi connectivity index (χ0v) is 7.46. The van der Waals surface area contributed by atoms with Gasteiger partial charge in [0.2, 0.25) is 0 Å². The Morgan fingerprint density at radius 3 is 3.08 bits per heavy atom. The van der Waals surface area contributed by atoms with E-state index in [0.717, 1.165) is 6.54 Å². The molecule has 1 aromatic carbocycles. The molecular weight excluding hydrogens is 146 g/mol. The summed E-state index contributed by atoms with van der Waals surface area (Å²) in [5.74, 6) is 0. The molecule has 63 valence electrons. The highest BCUT2D eigenvalue weighted by atomic mass is 14.9. The van der Waals surface area contributed by atoms with Crippen LogP contribution < -0.4 is 5.32 Å². The predicted octanol–water partition coefficient (Wildman–Crippen LogP) is 2.30. The average molecular weight is 160 g/mol.